The molecule has 0 saturated carbocycles. The van der Waals surface area contributed by atoms with Crippen LogP contribution < -0.4 is 9.47 Å². The summed E-state index contributed by atoms with van der Waals surface area (Å²) < 4.78 is 11.5. The van der Waals surface area contributed by atoms with Crippen molar-refractivity contribution in [2.24, 2.45) is 0 Å². The molecule has 28 heavy (non-hydrogen) atoms. The Labute approximate surface area is 167 Å². The van der Waals surface area contributed by atoms with E-state index in [0.29, 0.717) is 28.6 Å². The van der Waals surface area contributed by atoms with Gasteiger partial charge in [0.15, 0.2) is 11.5 Å². The van der Waals surface area contributed by atoms with Gasteiger partial charge in [-0.2, -0.15) is 5.26 Å². The van der Waals surface area contributed by atoms with Gasteiger partial charge in [0.05, 0.1) is 23.1 Å². The van der Waals surface area contributed by atoms with E-state index in [-0.39, 0.29) is 17.8 Å². The highest BCUT2D eigenvalue weighted by molar-refractivity contribution is 8.18. The second-order valence-corrected chi connectivity index (χ2v) is 6.93. The summed E-state index contributed by atoms with van der Waals surface area (Å²) in [6, 6.07) is 14.7. The van der Waals surface area contributed by atoms with Gasteiger partial charge in [-0.25, -0.2) is 0 Å². The minimum atomic E-state index is -0.318. The van der Waals surface area contributed by atoms with Gasteiger partial charge in [0.2, 0.25) is 0 Å². The van der Waals surface area contributed by atoms with E-state index in [0.717, 1.165) is 27.8 Å². The zero-order chi connectivity index (χ0) is 20.1. The Morgan fingerprint density at radius 1 is 1.14 bits per heavy atom. The maximum absolute atomic E-state index is 12.1. The van der Waals surface area contributed by atoms with Gasteiger partial charge >= 0.3 is 0 Å². The summed E-state index contributed by atoms with van der Waals surface area (Å²) in [6.07, 6.45) is 1.66. The number of imide groups is 1. The van der Waals surface area contributed by atoms with Crippen LogP contribution in [-0.2, 0) is 11.4 Å². The number of ether oxygens (including phenoxy) is 2. The van der Waals surface area contributed by atoms with E-state index in [1.165, 1.54) is 7.05 Å². The predicted molar refractivity (Wildman–Crippen MR) is 107 cm³/mol. The van der Waals surface area contributed by atoms with Gasteiger partial charge in [0, 0.05) is 12.6 Å². The van der Waals surface area contributed by atoms with Crippen molar-refractivity contribution < 1.29 is 19.1 Å². The number of carbonyl (C=O) groups excluding carboxylic acids is 2. The highest BCUT2D eigenvalue weighted by atomic mass is 32.2. The smallest absolute Gasteiger partial charge is 0.293 e. The highest BCUT2D eigenvalue weighted by Gasteiger charge is 2.31. The molecule has 7 heteroatoms. The molecule has 1 saturated heterocycles. The van der Waals surface area contributed by atoms with Crippen LogP contribution in [0.1, 0.15) is 23.6 Å². The van der Waals surface area contributed by atoms with Gasteiger partial charge in [-0.05, 0) is 48.5 Å². The van der Waals surface area contributed by atoms with Crippen molar-refractivity contribution in [3.8, 4) is 17.6 Å². The Morgan fingerprint density at radius 3 is 2.61 bits per heavy atom. The fraction of sp³-hybridized carbons (Fsp3) is 0.190. The number of likely N-dealkylation sites (N-methyl/N-ethyl adjacent to an activating group) is 1. The summed E-state index contributed by atoms with van der Waals surface area (Å²) in [5.41, 5.74) is 2.08. The van der Waals surface area contributed by atoms with E-state index in [4.69, 9.17) is 9.47 Å². The van der Waals surface area contributed by atoms with Crippen LogP contribution in [0.25, 0.3) is 6.08 Å². The van der Waals surface area contributed by atoms with E-state index in [9.17, 15) is 14.9 Å². The molecule has 0 spiro atoms. The van der Waals surface area contributed by atoms with Crippen LogP contribution >= 0.6 is 11.8 Å². The molecule has 0 N–H and O–H groups in total. The average molecular weight is 394 g/mol. The third-order valence-electron chi connectivity index (χ3n) is 4.07. The molecular weight excluding hydrogens is 376 g/mol. The molecule has 0 unspecified atom stereocenters. The Hall–Kier alpha value is -3.24. The first kappa shape index (κ1) is 19.5. The molecule has 142 valence electrons. The number of nitrogens with zero attached hydrogens (tertiary/aromatic N) is 2. The minimum Gasteiger partial charge on any atom is -0.490 e. The topological polar surface area (TPSA) is 79.6 Å². The fourth-order valence-corrected chi connectivity index (χ4v) is 3.44. The predicted octanol–water partition coefficient (Wildman–Crippen LogP) is 4.20. The molecule has 3 rings (SSSR count). The highest BCUT2D eigenvalue weighted by Crippen LogP contribution is 2.34. The largest absolute Gasteiger partial charge is 0.490 e. The molecule has 0 radical (unpaired) electrons. The lowest BCUT2D eigenvalue weighted by molar-refractivity contribution is -0.121. The van der Waals surface area contributed by atoms with Crippen molar-refractivity contribution in [2.75, 3.05) is 13.7 Å². The lowest BCUT2D eigenvalue weighted by atomic mass is 10.1. The minimum absolute atomic E-state index is 0.234. The molecule has 2 aromatic carbocycles. The Bertz CT molecular complexity index is 994. The third-order valence-corrected chi connectivity index (χ3v) is 5.03. The van der Waals surface area contributed by atoms with Gasteiger partial charge in [-0.1, -0.05) is 24.3 Å². The Morgan fingerprint density at radius 2 is 1.93 bits per heavy atom. The standard InChI is InChI=1S/C21H18N2O4S/c1-3-26-18-10-14(11-19-20(24)23(2)21(25)28-19)8-9-17(18)27-13-16-7-5-4-6-15(16)12-22/h4-11H,3,13H2,1-2H3/b19-11-. The molecule has 6 nitrogen and oxygen atoms in total. The molecule has 1 aliphatic heterocycles. The first-order chi connectivity index (χ1) is 13.5. The second-order valence-electron chi connectivity index (χ2n) is 5.94. The number of hydrogen-bond donors (Lipinski definition) is 0. The van der Waals surface area contributed by atoms with E-state index in [2.05, 4.69) is 6.07 Å². The lowest BCUT2D eigenvalue weighted by Crippen LogP contribution is -2.22. The van der Waals surface area contributed by atoms with Crippen LogP contribution in [0.3, 0.4) is 0 Å². The SMILES string of the molecule is CCOc1cc(/C=C2\SC(=O)N(C)C2=O)ccc1OCc1ccccc1C#N. The van der Waals surface area contributed by atoms with E-state index in [1.807, 2.05) is 19.1 Å². The van der Waals surface area contributed by atoms with E-state index < -0.39 is 0 Å². The van der Waals surface area contributed by atoms with Gasteiger partial charge in [0.1, 0.15) is 6.61 Å². The number of hydrogen-bond acceptors (Lipinski definition) is 6. The van der Waals surface area contributed by atoms with Crippen molar-refractivity contribution >= 4 is 29.0 Å². The second kappa shape index (κ2) is 8.63. The normalized spacial score (nSPS) is 15.0. The number of nitriles is 1. The number of rotatable bonds is 6. The van der Waals surface area contributed by atoms with Gasteiger partial charge in [0.25, 0.3) is 11.1 Å². The summed E-state index contributed by atoms with van der Waals surface area (Å²) in [5, 5.41) is 8.90. The van der Waals surface area contributed by atoms with E-state index in [1.54, 1.807) is 36.4 Å². The zero-order valence-corrected chi connectivity index (χ0v) is 16.3. The van der Waals surface area contributed by atoms with Crippen molar-refractivity contribution in [3.63, 3.8) is 0 Å². The van der Waals surface area contributed by atoms with Crippen molar-refractivity contribution in [1.82, 2.24) is 4.90 Å². The van der Waals surface area contributed by atoms with E-state index >= 15 is 0 Å². The van der Waals surface area contributed by atoms with Crippen LogP contribution in [0, 0.1) is 11.3 Å². The lowest BCUT2D eigenvalue weighted by Gasteiger charge is -2.13. The summed E-state index contributed by atoms with van der Waals surface area (Å²) >= 11 is 0.908. The first-order valence-electron chi connectivity index (χ1n) is 8.62. The van der Waals surface area contributed by atoms with Crippen LogP contribution in [0.5, 0.6) is 11.5 Å². The third kappa shape index (κ3) is 4.18. The van der Waals surface area contributed by atoms with Crippen LogP contribution in [0.2, 0.25) is 0 Å². The zero-order valence-electron chi connectivity index (χ0n) is 15.5. The Kier molecular flexibility index (Phi) is 6.02. The molecule has 0 aliphatic carbocycles. The molecule has 1 heterocycles. The molecule has 0 aromatic heterocycles. The van der Waals surface area contributed by atoms with Crippen molar-refractivity contribution in [2.45, 2.75) is 13.5 Å². The number of amides is 2. The number of benzene rings is 2. The molecule has 2 amide bonds. The van der Waals surface area contributed by atoms with Crippen molar-refractivity contribution in [3.05, 3.63) is 64.1 Å². The maximum atomic E-state index is 12.1. The van der Waals surface area contributed by atoms with Gasteiger partial charge in [-0.15, -0.1) is 0 Å². The average Bonchev–Trinajstić information content (AvgIpc) is 2.94. The molecule has 2 aromatic rings. The number of carbonyl (C=O) groups is 2. The molecule has 0 bridgehead atoms. The van der Waals surface area contributed by atoms with Crippen molar-refractivity contribution in [1.29, 1.82) is 5.26 Å². The van der Waals surface area contributed by atoms with Crippen LogP contribution in [-0.4, -0.2) is 29.7 Å². The molecule has 0 atom stereocenters. The Balaban J connectivity index is 1.83. The van der Waals surface area contributed by atoms with Gasteiger partial charge in [-0.3, -0.25) is 14.5 Å². The quantitative estimate of drug-likeness (QED) is 0.683. The summed E-state index contributed by atoms with van der Waals surface area (Å²) in [6.45, 7) is 2.54. The number of thioether (sulfide) groups is 1. The monoisotopic (exact) mass is 394 g/mol. The summed E-state index contributed by atoms with van der Waals surface area (Å²) in [7, 11) is 1.46. The van der Waals surface area contributed by atoms with Gasteiger partial charge < -0.3 is 9.47 Å². The molecular formula is C21H18N2O4S. The van der Waals surface area contributed by atoms with Crippen LogP contribution in [0.15, 0.2) is 47.4 Å². The van der Waals surface area contributed by atoms with Crippen LogP contribution in [0.4, 0.5) is 4.79 Å². The summed E-state index contributed by atoms with van der Waals surface area (Å²) in [5.74, 6) is 0.748. The fourth-order valence-electron chi connectivity index (χ4n) is 2.61. The first-order valence-corrected chi connectivity index (χ1v) is 9.44. The maximum Gasteiger partial charge on any atom is 0.293 e. The summed E-state index contributed by atoms with van der Waals surface area (Å²) in [4.78, 5) is 25.1. The molecule has 1 aliphatic rings. The molecule has 1 fully saturated rings.